The third kappa shape index (κ3) is 6.26. The SMILES string of the molecule is COc1cccc(CCc2ccccc2OCCCCCBr)c1. The average molecular weight is 377 g/mol. The van der Waals surface area contributed by atoms with Crippen LogP contribution in [0.25, 0.3) is 0 Å². The van der Waals surface area contributed by atoms with Gasteiger partial charge >= 0.3 is 0 Å². The van der Waals surface area contributed by atoms with Gasteiger partial charge in [0.25, 0.3) is 0 Å². The average Bonchev–Trinajstić information content (AvgIpc) is 2.61. The molecule has 0 N–H and O–H groups in total. The maximum Gasteiger partial charge on any atom is 0.122 e. The Morgan fingerprint density at radius 1 is 0.913 bits per heavy atom. The van der Waals surface area contributed by atoms with Crippen LogP contribution in [0.5, 0.6) is 11.5 Å². The van der Waals surface area contributed by atoms with Gasteiger partial charge in [-0.3, -0.25) is 0 Å². The lowest BCUT2D eigenvalue weighted by atomic mass is 10.0. The zero-order valence-corrected chi connectivity index (χ0v) is 15.3. The number of benzene rings is 2. The summed E-state index contributed by atoms with van der Waals surface area (Å²) in [5, 5.41) is 1.07. The zero-order chi connectivity index (χ0) is 16.3. The van der Waals surface area contributed by atoms with Crippen LogP contribution >= 0.6 is 15.9 Å². The van der Waals surface area contributed by atoms with Crippen molar-refractivity contribution < 1.29 is 9.47 Å². The second-order valence-electron chi connectivity index (χ2n) is 5.56. The molecule has 0 heterocycles. The van der Waals surface area contributed by atoms with Crippen LogP contribution in [0.1, 0.15) is 30.4 Å². The number of aryl methyl sites for hydroxylation is 2. The molecule has 0 fully saturated rings. The lowest BCUT2D eigenvalue weighted by Gasteiger charge is -2.12. The van der Waals surface area contributed by atoms with E-state index in [1.165, 1.54) is 24.0 Å². The van der Waals surface area contributed by atoms with Gasteiger partial charge in [-0.05, 0) is 61.4 Å². The number of para-hydroxylation sites is 1. The Morgan fingerprint density at radius 3 is 2.61 bits per heavy atom. The smallest absolute Gasteiger partial charge is 0.122 e. The van der Waals surface area contributed by atoms with Gasteiger partial charge in [-0.25, -0.2) is 0 Å². The van der Waals surface area contributed by atoms with Gasteiger partial charge in [0.2, 0.25) is 0 Å². The molecule has 0 aromatic heterocycles. The Morgan fingerprint density at radius 2 is 1.78 bits per heavy atom. The molecule has 2 aromatic carbocycles. The lowest BCUT2D eigenvalue weighted by molar-refractivity contribution is 0.303. The summed E-state index contributed by atoms with van der Waals surface area (Å²) in [7, 11) is 1.71. The largest absolute Gasteiger partial charge is 0.497 e. The van der Waals surface area contributed by atoms with Crippen molar-refractivity contribution in [3.63, 3.8) is 0 Å². The van der Waals surface area contributed by atoms with Crippen molar-refractivity contribution in [3.05, 3.63) is 59.7 Å². The summed E-state index contributed by atoms with van der Waals surface area (Å²) in [6.07, 6.45) is 5.49. The van der Waals surface area contributed by atoms with E-state index in [1.807, 2.05) is 18.2 Å². The van der Waals surface area contributed by atoms with Crippen molar-refractivity contribution in [2.45, 2.75) is 32.1 Å². The minimum Gasteiger partial charge on any atom is -0.497 e. The van der Waals surface area contributed by atoms with E-state index in [4.69, 9.17) is 9.47 Å². The van der Waals surface area contributed by atoms with Crippen LogP contribution in [-0.2, 0) is 12.8 Å². The molecule has 0 bridgehead atoms. The summed E-state index contributed by atoms with van der Waals surface area (Å²) in [5.41, 5.74) is 2.56. The molecular weight excluding hydrogens is 352 g/mol. The van der Waals surface area contributed by atoms with Crippen molar-refractivity contribution in [1.29, 1.82) is 0 Å². The van der Waals surface area contributed by atoms with Gasteiger partial charge in [0, 0.05) is 5.33 Å². The zero-order valence-electron chi connectivity index (χ0n) is 13.8. The van der Waals surface area contributed by atoms with Crippen LogP contribution < -0.4 is 9.47 Å². The molecule has 3 heteroatoms. The molecule has 0 aliphatic carbocycles. The van der Waals surface area contributed by atoms with E-state index in [0.717, 1.165) is 42.7 Å². The van der Waals surface area contributed by atoms with E-state index in [2.05, 4.69) is 46.3 Å². The van der Waals surface area contributed by atoms with Crippen molar-refractivity contribution in [1.82, 2.24) is 0 Å². The minimum atomic E-state index is 0.795. The molecule has 0 atom stereocenters. The highest BCUT2D eigenvalue weighted by atomic mass is 79.9. The van der Waals surface area contributed by atoms with Gasteiger partial charge in [0.1, 0.15) is 11.5 Å². The molecule has 2 aromatic rings. The Kier molecular flexibility index (Phi) is 8.02. The summed E-state index contributed by atoms with van der Waals surface area (Å²) in [6, 6.07) is 16.6. The maximum atomic E-state index is 5.98. The molecule has 0 aliphatic heterocycles. The first-order valence-electron chi connectivity index (χ1n) is 8.23. The third-order valence-electron chi connectivity index (χ3n) is 3.83. The Bertz CT molecular complexity index is 583. The van der Waals surface area contributed by atoms with Crippen LogP contribution in [0.3, 0.4) is 0 Å². The van der Waals surface area contributed by atoms with Crippen molar-refractivity contribution in [2.24, 2.45) is 0 Å². The first-order valence-corrected chi connectivity index (χ1v) is 9.35. The first kappa shape index (κ1) is 17.9. The number of methoxy groups -OCH3 is 1. The molecule has 0 saturated carbocycles. The highest BCUT2D eigenvalue weighted by Crippen LogP contribution is 2.21. The van der Waals surface area contributed by atoms with Gasteiger partial charge in [0.15, 0.2) is 0 Å². The second-order valence-corrected chi connectivity index (χ2v) is 6.35. The fourth-order valence-electron chi connectivity index (χ4n) is 2.51. The van der Waals surface area contributed by atoms with Gasteiger partial charge in [-0.1, -0.05) is 46.3 Å². The molecule has 0 spiro atoms. The molecule has 2 rings (SSSR count). The molecule has 0 amide bonds. The van der Waals surface area contributed by atoms with Crippen LogP contribution in [0, 0.1) is 0 Å². The number of hydrogen-bond donors (Lipinski definition) is 0. The topological polar surface area (TPSA) is 18.5 Å². The van der Waals surface area contributed by atoms with E-state index in [0.29, 0.717) is 0 Å². The Labute approximate surface area is 148 Å². The summed E-state index contributed by atoms with van der Waals surface area (Å²) in [4.78, 5) is 0. The molecule has 23 heavy (non-hydrogen) atoms. The number of alkyl halides is 1. The van der Waals surface area contributed by atoms with E-state index >= 15 is 0 Å². The summed E-state index contributed by atoms with van der Waals surface area (Å²) in [6.45, 7) is 0.795. The molecule has 2 nitrogen and oxygen atoms in total. The molecule has 0 unspecified atom stereocenters. The number of rotatable bonds is 10. The van der Waals surface area contributed by atoms with Crippen LogP contribution in [0.4, 0.5) is 0 Å². The van der Waals surface area contributed by atoms with Crippen molar-refractivity contribution in [2.75, 3.05) is 19.0 Å². The molecular formula is C20H25BrO2. The summed E-state index contributed by atoms with van der Waals surface area (Å²) in [5.74, 6) is 1.94. The van der Waals surface area contributed by atoms with E-state index in [-0.39, 0.29) is 0 Å². The quantitative estimate of drug-likeness (QED) is 0.406. The van der Waals surface area contributed by atoms with Crippen molar-refractivity contribution in [3.8, 4) is 11.5 Å². The third-order valence-corrected chi connectivity index (χ3v) is 4.39. The lowest BCUT2D eigenvalue weighted by Crippen LogP contribution is -2.01. The Hall–Kier alpha value is -1.48. The van der Waals surface area contributed by atoms with Crippen LogP contribution in [0.2, 0.25) is 0 Å². The van der Waals surface area contributed by atoms with Crippen LogP contribution in [-0.4, -0.2) is 19.0 Å². The predicted octanol–water partition coefficient (Wildman–Crippen LogP) is 5.42. The number of ether oxygens (including phenoxy) is 2. The molecule has 124 valence electrons. The first-order chi connectivity index (χ1) is 11.3. The van der Waals surface area contributed by atoms with Gasteiger partial charge in [-0.2, -0.15) is 0 Å². The molecule has 0 saturated heterocycles. The normalized spacial score (nSPS) is 10.5. The van der Waals surface area contributed by atoms with E-state index in [9.17, 15) is 0 Å². The number of halogens is 1. The highest BCUT2D eigenvalue weighted by Gasteiger charge is 2.04. The summed E-state index contributed by atoms with van der Waals surface area (Å²) >= 11 is 3.46. The fraction of sp³-hybridized carbons (Fsp3) is 0.400. The van der Waals surface area contributed by atoms with E-state index in [1.54, 1.807) is 7.11 Å². The molecule has 0 aliphatic rings. The van der Waals surface area contributed by atoms with Gasteiger partial charge in [-0.15, -0.1) is 0 Å². The Balaban J connectivity index is 1.89. The monoisotopic (exact) mass is 376 g/mol. The van der Waals surface area contributed by atoms with Gasteiger partial charge < -0.3 is 9.47 Å². The fourth-order valence-corrected chi connectivity index (χ4v) is 2.91. The van der Waals surface area contributed by atoms with Crippen molar-refractivity contribution >= 4 is 15.9 Å². The summed E-state index contributed by atoms with van der Waals surface area (Å²) < 4.78 is 11.3. The second kappa shape index (κ2) is 10.3. The minimum absolute atomic E-state index is 0.795. The van der Waals surface area contributed by atoms with E-state index < -0.39 is 0 Å². The molecule has 0 radical (unpaired) electrons. The standard InChI is InChI=1S/C20H25BrO2/c1-22-19-10-7-8-17(16-19)12-13-18-9-3-4-11-20(18)23-15-6-2-5-14-21/h3-4,7-11,16H,2,5-6,12-15H2,1H3. The van der Waals surface area contributed by atoms with Crippen LogP contribution in [0.15, 0.2) is 48.5 Å². The number of unbranched alkanes of at least 4 members (excludes halogenated alkanes) is 2. The maximum absolute atomic E-state index is 5.98. The highest BCUT2D eigenvalue weighted by molar-refractivity contribution is 9.09. The van der Waals surface area contributed by atoms with Gasteiger partial charge in [0.05, 0.1) is 13.7 Å². The predicted molar refractivity (Wildman–Crippen MR) is 100.0 cm³/mol. The number of hydrogen-bond acceptors (Lipinski definition) is 2.